The van der Waals surface area contributed by atoms with Crippen LogP contribution < -0.4 is 4.90 Å². The van der Waals surface area contributed by atoms with Gasteiger partial charge in [0, 0.05) is 28.9 Å². The largest absolute Gasteiger partial charge is 0.339 e. The van der Waals surface area contributed by atoms with Crippen LogP contribution in [-0.4, -0.2) is 41.0 Å². The molecule has 5 nitrogen and oxygen atoms in total. The summed E-state index contributed by atoms with van der Waals surface area (Å²) in [5.74, 6) is -0.429. The van der Waals surface area contributed by atoms with Gasteiger partial charge in [0.05, 0.1) is 16.5 Å². The number of hydrogen-bond acceptors (Lipinski definition) is 4. The van der Waals surface area contributed by atoms with E-state index in [1.54, 1.807) is 12.1 Å². The van der Waals surface area contributed by atoms with Crippen LogP contribution in [0, 0.1) is 0 Å². The van der Waals surface area contributed by atoms with Crippen molar-refractivity contribution in [1.29, 1.82) is 0 Å². The second-order valence-corrected chi connectivity index (χ2v) is 9.72. The fraction of sp³-hybridized carbons (Fsp3) is 0.348. The van der Waals surface area contributed by atoms with Gasteiger partial charge in [-0.2, -0.15) is 0 Å². The molecule has 2 heterocycles. The highest BCUT2D eigenvalue weighted by Crippen LogP contribution is 2.36. The molecule has 2 aliphatic rings. The minimum Gasteiger partial charge on any atom is -0.339 e. The van der Waals surface area contributed by atoms with E-state index in [4.69, 9.17) is 0 Å². The molecule has 0 N–H and O–H groups in total. The molecule has 4 rings (SSSR count). The minimum absolute atomic E-state index is 0.0153. The lowest BCUT2D eigenvalue weighted by Gasteiger charge is -2.22. The van der Waals surface area contributed by atoms with E-state index in [9.17, 15) is 14.4 Å². The first-order valence-electron chi connectivity index (χ1n) is 10.2. The van der Waals surface area contributed by atoms with Gasteiger partial charge in [-0.25, -0.2) is 4.90 Å². The number of anilines is 1. The van der Waals surface area contributed by atoms with Gasteiger partial charge in [0.1, 0.15) is 0 Å². The van der Waals surface area contributed by atoms with E-state index in [1.807, 2.05) is 41.3 Å². The summed E-state index contributed by atoms with van der Waals surface area (Å²) in [6, 6.07) is 14.5. The van der Waals surface area contributed by atoms with Crippen molar-refractivity contribution in [3.8, 4) is 0 Å². The van der Waals surface area contributed by atoms with Crippen molar-refractivity contribution in [2.24, 2.45) is 0 Å². The molecule has 2 aromatic carbocycles. The standard InChI is InChI=1S/C23H23BrN2O3S/c24-16-9-11-17(12-10-16)26-21(27)15-20(23(26)29)30-19-8-4-3-7-18(19)22(28)25-13-5-1-2-6-14-25/h3-4,7-12,20H,1-2,5-6,13-15H2. The fourth-order valence-electron chi connectivity index (χ4n) is 3.90. The van der Waals surface area contributed by atoms with Crippen molar-refractivity contribution < 1.29 is 14.4 Å². The second-order valence-electron chi connectivity index (χ2n) is 7.56. The molecule has 2 fully saturated rings. The van der Waals surface area contributed by atoms with E-state index < -0.39 is 5.25 Å². The van der Waals surface area contributed by atoms with Gasteiger partial charge < -0.3 is 4.90 Å². The van der Waals surface area contributed by atoms with Gasteiger partial charge in [-0.3, -0.25) is 14.4 Å². The summed E-state index contributed by atoms with van der Waals surface area (Å²) >= 11 is 4.69. The van der Waals surface area contributed by atoms with E-state index in [2.05, 4.69) is 15.9 Å². The molecule has 1 atom stereocenters. The molecule has 7 heteroatoms. The molecule has 0 bridgehead atoms. The van der Waals surface area contributed by atoms with Crippen LogP contribution in [0.3, 0.4) is 0 Å². The van der Waals surface area contributed by atoms with E-state index in [-0.39, 0.29) is 24.1 Å². The van der Waals surface area contributed by atoms with Crippen LogP contribution in [0.25, 0.3) is 0 Å². The smallest absolute Gasteiger partial charge is 0.254 e. The Labute approximate surface area is 188 Å². The molecule has 0 radical (unpaired) electrons. The highest BCUT2D eigenvalue weighted by molar-refractivity contribution is 9.10. The number of benzene rings is 2. The number of rotatable bonds is 4. The van der Waals surface area contributed by atoms with Crippen LogP contribution in [0.4, 0.5) is 5.69 Å². The summed E-state index contributed by atoms with van der Waals surface area (Å²) in [5, 5.41) is -0.528. The monoisotopic (exact) mass is 486 g/mol. The normalized spacial score (nSPS) is 19.8. The van der Waals surface area contributed by atoms with E-state index in [0.717, 1.165) is 48.1 Å². The van der Waals surface area contributed by atoms with Crippen molar-refractivity contribution >= 4 is 51.1 Å². The Balaban J connectivity index is 1.53. The molecule has 2 aromatic rings. The first-order chi connectivity index (χ1) is 14.5. The zero-order chi connectivity index (χ0) is 21.1. The Morgan fingerprint density at radius 3 is 2.30 bits per heavy atom. The number of amides is 3. The Bertz CT molecular complexity index is 955. The molecule has 0 aromatic heterocycles. The maximum Gasteiger partial charge on any atom is 0.254 e. The number of likely N-dealkylation sites (tertiary alicyclic amines) is 1. The molecule has 30 heavy (non-hydrogen) atoms. The zero-order valence-corrected chi connectivity index (χ0v) is 19.0. The second kappa shape index (κ2) is 9.35. The van der Waals surface area contributed by atoms with Gasteiger partial charge in [-0.15, -0.1) is 11.8 Å². The van der Waals surface area contributed by atoms with Crippen molar-refractivity contribution in [1.82, 2.24) is 4.90 Å². The van der Waals surface area contributed by atoms with Gasteiger partial charge >= 0.3 is 0 Å². The van der Waals surface area contributed by atoms with Crippen molar-refractivity contribution in [2.75, 3.05) is 18.0 Å². The first-order valence-corrected chi connectivity index (χ1v) is 11.9. The average Bonchev–Trinajstić information content (AvgIpc) is 2.93. The van der Waals surface area contributed by atoms with Gasteiger partial charge in [-0.1, -0.05) is 40.9 Å². The zero-order valence-electron chi connectivity index (χ0n) is 16.6. The molecule has 0 saturated carbocycles. The summed E-state index contributed by atoms with van der Waals surface area (Å²) in [6.07, 6.45) is 4.50. The number of carbonyl (C=O) groups excluding carboxylic acids is 3. The summed E-state index contributed by atoms with van der Waals surface area (Å²) in [5.41, 5.74) is 1.19. The molecule has 0 spiro atoms. The summed E-state index contributed by atoms with van der Waals surface area (Å²) in [6.45, 7) is 1.55. The van der Waals surface area contributed by atoms with E-state index in [1.165, 1.54) is 16.7 Å². The van der Waals surface area contributed by atoms with Crippen LogP contribution in [-0.2, 0) is 9.59 Å². The van der Waals surface area contributed by atoms with Gasteiger partial charge in [-0.05, 0) is 49.2 Å². The van der Waals surface area contributed by atoms with Gasteiger partial charge in [0.25, 0.3) is 5.91 Å². The third kappa shape index (κ3) is 4.47. The van der Waals surface area contributed by atoms with Crippen LogP contribution >= 0.6 is 27.7 Å². The summed E-state index contributed by atoms with van der Waals surface area (Å²) in [7, 11) is 0. The average molecular weight is 487 g/mol. The number of carbonyl (C=O) groups is 3. The van der Waals surface area contributed by atoms with Crippen LogP contribution in [0.5, 0.6) is 0 Å². The third-order valence-electron chi connectivity index (χ3n) is 5.47. The molecule has 3 amide bonds. The lowest BCUT2D eigenvalue weighted by Crippen LogP contribution is -2.32. The molecule has 2 saturated heterocycles. The van der Waals surface area contributed by atoms with Crippen LogP contribution in [0.2, 0.25) is 0 Å². The molecule has 156 valence electrons. The Hall–Kier alpha value is -2.12. The van der Waals surface area contributed by atoms with Crippen molar-refractivity contribution in [3.63, 3.8) is 0 Å². The van der Waals surface area contributed by atoms with E-state index >= 15 is 0 Å². The van der Waals surface area contributed by atoms with Crippen LogP contribution in [0.15, 0.2) is 57.9 Å². The number of imide groups is 1. The predicted octanol–water partition coefficient (Wildman–Crippen LogP) is 4.89. The number of halogens is 1. The fourth-order valence-corrected chi connectivity index (χ4v) is 5.34. The molecule has 0 aliphatic carbocycles. The van der Waals surface area contributed by atoms with Gasteiger partial charge in [0.2, 0.25) is 11.8 Å². The van der Waals surface area contributed by atoms with Crippen LogP contribution in [0.1, 0.15) is 42.5 Å². The quantitative estimate of drug-likeness (QED) is 0.577. The minimum atomic E-state index is -0.528. The molecule has 2 aliphatic heterocycles. The van der Waals surface area contributed by atoms with Crippen molar-refractivity contribution in [3.05, 3.63) is 58.6 Å². The molecule has 1 unspecified atom stereocenters. The topological polar surface area (TPSA) is 57.7 Å². The maximum atomic E-state index is 13.2. The Kier molecular flexibility index (Phi) is 6.58. The Morgan fingerprint density at radius 1 is 0.933 bits per heavy atom. The number of hydrogen-bond donors (Lipinski definition) is 0. The summed E-state index contributed by atoms with van der Waals surface area (Å²) < 4.78 is 0.886. The molecular formula is C23H23BrN2O3S. The number of thioether (sulfide) groups is 1. The highest BCUT2D eigenvalue weighted by atomic mass is 79.9. The van der Waals surface area contributed by atoms with E-state index in [0.29, 0.717) is 11.3 Å². The van der Waals surface area contributed by atoms with Crippen molar-refractivity contribution in [2.45, 2.75) is 42.2 Å². The first kappa shape index (κ1) is 21.1. The SMILES string of the molecule is O=C(c1ccccc1SC1CC(=O)N(c2ccc(Br)cc2)C1=O)N1CCCCCC1. The third-order valence-corrected chi connectivity index (χ3v) is 7.26. The lowest BCUT2D eigenvalue weighted by molar-refractivity contribution is -0.121. The maximum absolute atomic E-state index is 13.2. The Morgan fingerprint density at radius 2 is 1.60 bits per heavy atom. The lowest BCUT2D eigenvalue weighted by atomic mass is 10.2. The summed E-state index contributed by atoms with van der Waals surface area (Å²) in [4.78, 5) is 42.7. The molecular weight excluding hydrogens is 464 g/mol. The predicted molar refractivity (Wildman–Crippen MR) is 122 cm³/mol. The number of nitrogens with zero attached hydrogens (tertiary/aromatic N) is 2. The van der Waals surface area contributed by atoms with Gasteiger partial charge in [0.15, 0.2) is 0 Å². The highest BCUT2D eigenvalue weighted by Gasteiger charge is 2.40.